The van der Waals surface area contributed by atoms with Crippen LogP contribution in [0.15, 0.2) is 36.9 Å². The highest BCUT2D eigenvalue weighted by Crippen LogP contribution is 2.25. The van der Waals surface area contributed by atoms with Crippen molar-refractivity contribution in [1.29, 1.82) is 0 Å². The molecule has 0 atom stereocenters. The Morgan fingerprint density at radius 1 is 1.13 bits per heavy atom. The number of hydrogen-bond donors (Lipinski definition) is 0. The molecule has 23 heavy (non-hydrogen) atoms. The van der Waals surface area contributed by atoms with Crippen LogP contribution in [0.4, 0.5) is 0 Å². The van der Waals surface area contributed by atoms with Crippen molar-refractivity contribution in [2.45, 2.75) is 18.9 Å². The van der Waals surface area contributed by atoms with Crippen LogP contribution in [-0.4, -0.2) is 48.4 Å². The largest absolute Gasteiger partial charge is 0.337 e. The van der Waals surface area contributed by atoms with Crippen molar-refractivity contribution < 1.29 is 4.79 Å². The van der Waals surface area contributed by atoms with Crippen molar-refractivity contribution in [3.63, 3.8) is 0 Å². The van der Waals surface area contributed by atoms with Gasteiger partial charge < -0.3 is 9.47 Å². The number of para-hydroxylation sites is 1. The molecule has 2 aromatic heterocycles. The van der Waals surface area contributed by atoms with Crippen LogP contribution < -0.4 is 0 Å². The highest BCUT2D eigenvalue weighted by atomic mass is 16.2. The van der Waals surface area contributed by atoms with Gasteiger partial charge in [0.2, 0.25) is 0 Å². The number of fused-ring (bicyclic) bond motifs is 1. The molecule has 1 amide bonds. The van der Waals surface area contributed by atoms with Crippen molar-refractivity contribution >= 4 is 16.8 Å². The van der Waals surface area contributed by atoms with E-state index >= 15 is 0 Å². The van der Waals surface area contributed by atoms with Gasteiger partial charge in [0.15, 0.2) is 5.69 Å². The lowest BCUT2D eigenvalue weighted by Crippen LogP contribution is -2.39. The summed E-state index contributed by atoms with van der Waals surface area (Å²) in [5, 5.41) is 13.1. The number of hydrogen-bond acceptors (Lipinski definition) is 4. The van der Waals surface area contributed by atoms with E-state index < -0.39 is 0 Å². The highest BCUT2D eigenvalue weighted by Gasteiger charge is 2.27. The molecule has 0 unspecified atom stereocenters. The number of carbonyl (C=O) groups is 1. The number of amides is 1. The van der Waals surface area contributed by atoms with Gasteiger partial charge in [0, 0.05) is 31.6 Å². The Morgan fingerprint density at radius 2 is 1.83 bits per heavy atom. The third-order valence-electron chi connectivity index (χ3n) is 4.57. The van der Waals surface area contributed by atoms with E-state index in [1.807, 2.05) is 40.8 Å². The van der Waals surface area contributed by atoms with Gasteiger partial charge in [-0.25, -0.2) is 0 Å². The number of rotatable bonds is 2. The normalized spacial score (nSPS) is 16.1. The predicted molar refractivity (Wildman–Crippen MR) is 84.9 cm³/mol. The van der Waals surface area contributed by atoms with Crippen LogP contribution in [0.3, 0.4) is 0 Å². The van der Waals surface area contributed by atoms with Gasteiger partial charge in [-0.15, -0.1) is 10.2 Å². The third-order valence-corrected chi connectivity index (χ3v) is 4.57. The molecule has 3 aromatic rings. The van der Waals surface area contributed by atoms with E-state index in [1.54, 1.807) is 17.3 Å². The summed E-state index contributed by atoms with van der Waals surface area (Å²) in [5.74, 6) is 0.0176. The second-order valence-electron chi connectivity index (χ2n) is 5.92. The Kier molecular flexibility index (Phi) is 3.33. The number of piperidine rings is 1. The number of aromatic nitrogens is 5. The molecule has 0 N–H and O–H groups in total. The van der Waals surface area contributed by atoms with Crippen molar-refractivity contribution in [1.82, 2.24) is 29.4 Å². The van der Waals surface area contributed by atoms with Gasteiger partial charge in [-0.2, -0.15) is 5.10 Å². The van der Waals surface area contributed by atoms with Gasteiger partial charge in [-0.3, -0.25) is 9.48 Å². The predicted octanol–water partition coefficient (Wildman–Crippen LogP) is 1.64. The Labute approximate surface area is 133 Å². The maximum Gasteiger partial charge on any atom is 0.275 e. The molecular formula is C16H18N6O. The van der Waals surface area contributed by atoms with E-state index in [0.717, 1.165) is 36.8 Å². The number of benzene rings is 1. The minimum atomic E-state index is 0.0176. The van der Waals surface area contributed by atoms with Crippen LogP contribution in [0.1, 0.15) is 29.4 Å². The summed E-state index contributed by atoms with van der Waals surface area (Å²) in [6.45, 7) is 1.46. The summed E-state index contributed by atoms with van der Waals surface area (Å²) in [6.07, 6.45) is 5.31. The van der Waals surface area contributed by atoms with Crippen LogP contribution in [0.25, 0.3) is 10.9 Å². The Hall–Kier alpha value is -2.70. The first-order chi connectivity index (χ1) is 11.2. The van der Waals surface area contributed by atoms with Gasteiger partial charge in [-0.1, -0.05) is 18.2 Å². The lowest BCUT2D eigenvalue weighted by Gasteiger charge is -2.31. The van der Waals surface area contributed by atoms with E-state index in [2.05, 4.69) is 15.3 Å². The Morgan fingerprint density at radius 3 is 2.57 bits per heavy atom. The monoisotopic (exact) mass is 310 g/mol. The van der Waals surface area contributed by atoms with Crippen LogP contribution in [0.2, 0.25) is 0 Å². The first-order valence-electron chi connectivity index (χ1n) is 7.79. The highest BCUT2D eigenvalue weighted by molar-refractivity contribution is 6.04. The maximum absolute atomic E-state index is 12.8. The fourth-order valence-electron chi connectivity index (χ4n) is 3.29. The summed E-state index contributed by atoms with van der Waals surface area (Å²) in [5.41, 5.74) is 1.53. The van der Waals surface area contributed by atoms with Crippen molar-refractivity contribution in [2.24, 2.45) is 7.05 Å². The summed E-state index contributed by atoms with van der Waals surface area (Å²) in [7, 11) is 1.87. The number of likely N-dealkylation sites (tertiary alicyclic amines) is 1. The number of aryl methyl sites for hydroxylation is 1. The summed E-state index contributed by atoms with van der Waals surface area (Å²) >= 11 is 0. The minimum absolute atomic E-state index is 0.0176. The van der Waals surface area contributed by atoms with Gasteiger partial charge >= 0.3 is 0 Å². The van der Waals surface area contributed by atoms with E-state index in [4.69, 9.17) is 0 Å². The second-order valence-corrected chi connectivity index (χ2v) is 5.92. The van der Waals surface area contributed by atoms with Crippen molar-refractivity contribution in [2.75, 3.05) is 13.1 Å². The molecule has 1 aliphatic rings. The smallest absolute Gasteiger partial charge is 0.275 e. The number of carbonyl (C=O) groups excluding carboxylic acids is 1. The molecule has 0 bridgehead atoms. The van der Waals surface area contributed by atoms with Crippen molar-refractivity contribution in [3.8, 4) is 0 Å². The molecule has 1 fully saturated rings. The van der Waals surface area contributed by atoms with Crippen LogP contribution in [-0.2, 0) is 7.05 Å². The second kappa shape index (κ2) is 5.49. The maximum atomic E-state index is 12.8. The Balaban J connectivity index is 1.54. The molecule has 7 heteroatoms. The molecule has 1 aromatic carbocycles. The van der Waals surface area contributed by atoms with Gasteiger partial charge in [0.1, 0.15) is 12.7 Å². The quantitative estimate of drug-likeness (QED) is 0.721. The standard InChI is InChI=1S/C16H18N6O/c1-20-14-5-3-2-4-13(14)15(19-20)16(23)21-8-6-12(7-9-21)22-10-17-18-11-22/h2-5,10-12H,6-9H2,1H3. The fraction of sp³-hybridized carbons (Fsp3) is 0.375. The molecule has 3 heterocycles. The van der Waals surface area contributed by atoms with E-state index in [-0.39, 0.29) is 5.91 Å². The Bertz CT molecular complexity index is 830. The topological polar surface area (TPSA) is 68.8 Å². The molecule has 1 saturated heterocycles. The molecular weight excluding hydrogens is 292 g/mol. The molecule has 0 saturated carbocycles. The summed E-state index contributed by atoms with van der Waals surface area (Å²) in [4.78, 5) is 14.7. The zero-order valence-electron chi connectivity index (χ0n) is 13.0. The molecule has 4 rings (SSSR count). The van der Waals surface area contributed by atoms with Gasteiger partial charge in [-0.05, 0) is 18.9 Å². The zero-order chi connectivity index (χ0) is 15.8. The van der Waals surface area contributed by atoms with Gasteiger partial charge in [0.05, 0.1) is 5.52 Å². The molecule has 0 aliphatic carbocycles. The van der Waals surface area contributed by atoms with Crippen molar-refractivity contribution in [3.05, 3.63) is 42.6 Å². The molecule has 7 nitrogen and oxygen atoms in total. The van der Waals surface area contributed by atoms with E-state index in [1.165, 1.54) is 0 Å². The lowest BCUT2D eigenvalue weighted by molar-refractivity contribution is 0.0689. The van der Waals surface area contributed by atoms with Crippen LogP contribution in [0, 0.1) is 0 Å². The summed E-state index contributed by atoms with van der Waals surface area (Å²) < 4.78 is 3.80. The van der Waals surface area contributed by atoms with Gasteiger partial charge in [0.25, 0.3) is 5.91 Å². The van der Waals surface area contributed by atoms with E-state index in [0.29, 0.717) is 11.7 Å². The van der Waals surface area contributed by atoms with Crippen LogP contribution >= 0.6 is 0 Å². The zero-order valence-corrected chi connectivity index (χ0v) is 13.0. The first kappa shape index (κ1) is 13.9. The average Bonchev–Trinajstić information content (AvgIpc) is 3.23. The molecule has 118 valence electrons. The lowest BCUT2D eigenvalue weighted by atomic mass is 10.0. The number of nitrogens with zero attached hydrogens (tertiary/aromatic N) is 6. The molecule has 0 spiro atoms. The molecule has 1 aliphatic heterocycles. The minimum Gasteiger partial charge on any atom is -0.337 e. The molecule has 0 radical (unpaired) electrons. The van der Waals surface area contributed by atoms with E-state index in [9.17, 15) is 4.79 Å². The average molecular weight is 310 g/mol. The van der Waals surface area contributed by atoms with Crippen LogP contribution in [0.5, 0.6) is 0 Å². The fourth-order valence-corrected chi connectivity index (χ4v) is 3.29. The SMILES string of the molecule is Cn1nc(C(=O)N2CCC(n3cnnc3)CC2)c2ccccc21. The summed E-state index contributed by atoms with van der Waals surface area (Å²) in [6, 6.07) is 8.22. The third kappa shape index (κ3) is 2.38. The first-order valence-corrected chi connectivity index (χ1v) is 7.79.